The number of anilines is 2. The van der Waals surface area contributed by atoms with Crippen LogP contribution < -0.4 is 39.6 Å². The molecular formula is C23H18N2NaO7S2+. The number of rotatable bonds is 6. The number of fused-ring (bicyclic) bond motifs is 1. The van der Waals surface area contributed by atoms with E-state index in [2.05, 4.69) is 10.0 Å². The number of hydrogen-bond acceptors (Lipinski definition) is 6. The maximum atomic E-state index is 12.9. The summed E-state index contributed by atoms with van der Waals surface area (Å²) in [6, 6.07) is 20.2. The zero-order valence-corrected chi connectivity index (χ0v) is 22.0. The van der Waals surface area contributed by atoms with Crippen LogP contribution in [0, 0.1) is 0 Å². The zero-order chi connectivity index (χ0) is 24.5. The average molecular weight is 522 g/mol. The van der Waals surface area contributed by atoms with Gasteiger partial charge >= 0.3 is 29.6 Å². The molecule has 0 unspecified atom stereocenters. The van der Waals surface area contributed by atoms with E-state index in [1.165, 1.54) is 36.4 Å². The monoisotopic (exact) mass is 521 g/mol. The minimum atomic E-state index is -4.59. The molecule has 0 heterocycles. The molecule has 0 spiro atoms. The number of amides is 1. The molecule has 1 amide bonds. The number of nitrogens with one attached hydrogen (secondary N) is 2. The molecule has 0 atom stereocenters. The Hall–Kier alpha value is -2.93. The minimum absolute atomic E-state index is 0. The second-order valence-corrected chi connectivity index (χ2v) is 10.3. The van der Waals surface area contributed by atoms with E-state index in [4.69, 9.17) is 0 Å². The van der Waals surface area contributed by atoms with E-state index < -0.39 is 30.9 Å². The van der Waals surface area contributed by atoms with E-state index in [0.29, 0.717) is 10.9 Å². The predicted molar refractivity (Wildman–Crippen MR) is 127 cm³/mol. The second-order valence-electron chi connectivity index (χ2n) is 7.24. The zero-order valence-electron chi connectivity index (χ0n) is 18.3. The third-order valence-corrected chi connectivity index (χ3v) is 7.19. The summed E-state index contributed by atoms with van der Waals surface area (Å²) in [7, 11) is -8.84. The maximum absolute atomic E-state index is 12.9. The summed E-state index contributed by atoms with van der Waals surface area (Å²) in [5.74, 6) is -0.679. The van der Waals surface area contributed by atoms with Crippen LogP contribution in [0.25, 0.3) is 10.8 Å². The first-order chi connectivity index (χ1) is 16.1. The Morgan fingerprint density at radius 3 is 2.06 bits per heavy atom. The summed E-state index contributed by atoms with van der Waals surface area (Å²) < 4.78 is 60.0. The Labute approximate surface area is 223 Å². The van der Waals surface area contributed by atoms with Crippen molar-refractivity contribution in [1.29, 1.82) is 0 Å². The summed E-state index contributed by atoms with van der Waals surface area (Å²) in [4.78, 5) is 11.5. The summed E-state index contributed by atoms with van der Waals surface area (Å²) in [6.07, 6.45) is 0. The fraction of sp³-hybridized carbons (Fsp3) is 0. The van der Waals surface area contributed by atoms with Gasteiger partial charge in [0.1, 0.15) is 5.75 Å². The van der Waals surface area contributed by atoms with Crippen molar-refractivity contribution in [2.75, 3.05) is 10.0 Å². The molecule has 0 aliphatic rings. The molecule has 0 aliphatic heterocycles. The van der Waals surface area contributed by atoms with Gasteiger partial charge in [0, 0.05) is 16.3 Å². The van der Waals surface area contributed by atoms with Crippen molar-refractivity contribution in [3.8, 4) is 5.75 Å². The molecule has 0 saturated carbocycles. The molecule has 4 aromatic rings. The summed E-state index contributed by atoms with van der Waals surface area (Å²) >= 11 is 0. The van der Waals surface area contributed by atoms with Crippen molar-refractivity contribution < 1.29 is 60.8 Å². The quantitative estimate of drug-likeness (QED) is 0.167. The Kier molecular flexibility index (Phi) is 7.90. The number of benzene rings is 4. The van der Waals surface area contributed by atoms with Crippen molar-refractivity contribution in [2.24, 2.45) is 0 Å². The van der Waals surface area contributed by atoms with Gasteiger partial charge in [0.2, 0.25) is 0 Å². The van der Waals surface area contributed by atoms with Crippen LogP contribution >= 0.6 is 0 Å². The van der Waals surface area contributed by atoms with Crippen molar-refractivity contribution in [3.63, 3.8) is 0 Å². The van der Waals surface area contributed by atoms with Crippen LogP contribution in [0.1, 0.15) is 10.4 Å². The van der Waals surface area contributed by atoms with E-state index in [9.17, 15) is 31.3 Å². The third-order valence-electron chi connectivity index (χ3n) is 4.98. The predicted octanol–water partition coefficient (Wildman–Crippen LogP) is 0.849. The third kappa shape index (κ3) is 5.84. The fourth-order valence-electron chi connectivity index (χ4n) is 3.32. The van der Waals surface area contributed by atoms with E-state index in [-0.39, 0.29) is 57.0 Å². The van der Waals surface area contributed by atoms with Gasteiger partial charge in [0.05, 0.1) is 21.2 Å². The summed E-state index contributed by atoms with van der Waals surface area (Å²) in [6.45, 7) is 0. The first-order valence-corrected chi connectivity index (χ1v) is 12.7. The van der Waals surface area contributed by atoms with Crippen molar-refractivity contribution >= 4 is 48.2 Å². The van der Waals surface area contributed by atoms with E-state index in [1.54, 1.807) is 36.4 Å². The first-order valence-electron chi connectivity index (χ1n) is 9.78. The second kappa shape index (κ2) is 10.4. The smallest absolute Gasteiger partial charge is 0.505 e. The normalized spacial score (nSPS) is 11.5. The number of hydrogen-bond donors (Lipinski definition) is 4. The van der Waals surface area contributed by atoms with E-state index in [0.717, 1.165) is 12.1 Å². The Morgan fingerprint density at radius 1 is 0.714 bits per heavy atom. The van der Waals surface area contributed by atoms with Gasteiger partial charge in [-0.3, -0.25) is 14.1 Å². The van der Waals surface area contributed by atoms with Crippen LogP contribution in [0.5, 0.6) is 5.75 Å². The molecule has 174 valence electrons. The number of aromatic hydroxyl groups is 1. The van der Waals surface area contributed by atoms with Gasteiger partial charge in [0.15, 0.2) is 0 Å². The Balaban J connectivity index is 0.00000342. The van der Waals surface area contributed by atoms with Crippen LogP contribution in [-0.2, 0) is 20.1 Å². The summed E-state index contributed by atoms with van der Waals surface area (Å²) in [5, 5.41) is 14.0. The number of sulfonamides is 1. The molecule has 0 saturated heterocycles. The van der Waals surface area contributed by atoms with Crippen LogP contribution in [0.4, 0.5) is 11.4 Å². The first kappa shape index (κ1) is 26.7. The molecule has 0 fully saturated rings. The van der Waals surface area contributed by atoms with Crippen molar-refractivity contribution in [2.45, 2.75) is 9.79 Å². The number of carbonyl (C=O) groups is 1. The van der Waals surface area contributed by atoms with Gasteiger partial charge in [-0.15, -0.1) is 0 Å². The molecule has 0 aromatic heterocycles. The molecule has 4 rings (SSSR count). The molecule has 12 heteroatoms. The van der Waals surface area contributed by atoms with Gasteiger partial charge in [-0.2, -0.15) is 8.42 Å². The average Bonchev–Trinajstić information content (AvgIpc) is 2.81. The van der Waals surface area contributed by atoms with Gasteiger partial charge in [-0.25, -0.2) is 8.42 Å². The molecule has 0 radical (unpaired) electrons. The van der Waals surface area contributed by atoms with Crippen molar-refractivity contribution in [1.82, 2.24) is 0 Å². The molecule has 4 aromatic carbocycles. The SMILES string of the molecule is O=C(Nc1ccc2c(NS(=O)(=O)c3cccc(S(=O)(=O)O)c3)cccc2c1O)c1ccccc1.[Na+]. The molecule has 4 N–H and O–H groups in total. The molecular weight excluding hydrogens is 503 g/mol. The van der Waals surface area contributed by atoms with Crippen LogP contribution in [0.2, 0.25) is 0 Å². The largest absolute Gasteiger partial charge is 1.00 e. The Morgan fingerprint density at radius 2 is 1.37 bits per heavy atom. The maximum Gasteiger partial charge on any atom is 1.00 e. The summed E-state index contributed by atoms with van der Waals surface area (Å²) in [5.41, 5.74) is 0.656. The van der Waals surface area contributed by atoms with E-state index >= 15 is 0 Å². The molecule has 0 bridgehead atoms. The van der Waals surface area contributed by atoms with Gasteiger partial charge in [0.25, 0.3) is 26.0 Å². The number of phenolic OH excluding ortho intramolecular Hbond substituents is 1. The van der Waals surface area contributed by atoms with Crippen LogP contribution in [0.15, 0.2) is 94.7 Å². The van der Waals surface area contributed by atoms with Crippen molar-refractivity contribution in [3.05, 3.63) is 90.5 Å². The minimum Gasteiger partial charge on any atom is -0.505 e. The topological polar surface area (TPSA) is 150 Å². The van der Waals surface area contributed by atoms with E-state index in [1.807, 2.05) is 0 Å². The molecule has 0 aliphatic carbocycles. The molecule has 35 heavy (non-hydrogen) atoms. The fourth-order valence-corrected chi connectivity index (χ4v) is 5.05. The van der Waals surface area contributed by atoms with Crippen LogP contribution in [0.3, 0.4) is 0 Å². The molecule has 9 nitrogen and oxygen atoms in total. The van der Waals surface area contributed by atoms with Gasteiger partial charge in [-0.1, -0.05) is 36.4 Å². The van der Waals surface area contributed by atoms with Gasteiger partial charge in [-0.05, 0) is 48.5 Å². The standard InChI is InChI=1S/C23H18N2O7S2.Na/c26-22-19-10-5-11-20(25-33(28,29)16-8-4-9-17(14-16)34(30,31)32)18(19)12-13-21(22)24-23(27)15-6-2-1-3-7-15;/h1-14,25-26H,(H,24,27)(H,30,31,32);/q;+1. The number of phenols is 1. The van der Waals surface area contributed by atoms with Gasteiger partial charge < -0.3 is 10.4 Å². The van der Waals surface area contributed by atoms with Crippen LogP contribution in [-0.4, -0.2) is 32.4 Å². The Bertz CT molecular complexity index is 1620. The number of carbonyl (C=O) groups excluding carboxylic acids is 1.